The summed E-state index contributed by atoms with van der Waals surface area (Å²) >= 11 is 12.5. The first-order valence-corrected chi connectivity index (χ1v) is 17.0. The average Bonchev–Trinajstić information content (AvgIpc) is 3.06. The number of carbonyl (C=O) groups excluding carboxylic acids is 2. The molecule has 0 aliphatic carbocycles. The number of hydrogen-bond donors (Lipinski definition) is 1. The van der Waals surface area contributed by atoms with Gasteiger partial charge in [-0.3, -0.25) is 13.9 Å². The average molecular weight is 683 g/mol. The lowest BCUT2D eigenvalue weighted by Crippen LogP contribution is -2.54. The standard InChI is InChI=1S/C35H37Cl2N3O5S/c1-4-25(2)38-35(42)32(21-26-11-7-5-8-12-26)39(23-27-15-17-28(36)18-16-27)34(41)24-40(31-22-29(37)19-20-33(31)45-3)46(43,44)30-13-9-6-10-14-30/h5-20,22,25,32H,4,21,23-24H2,1-3H3,(H,38,42)/t25-,32+/m0/s1. The summed E-state index contributed by atoms with van der Waals surface area (Å²) in [6.07, 6.45) is 0.890. The molecule has 0 aliphatic rings. The molecule has 0 aliphatic heterocycles. The fourth-order valence-electron chi connectivity index (χ4n) is 4.87. The van der Waals surface area contributed by atoms with Crippen molar-refractivity contribution < 1.29 is 22.7 Å². The lowest BCUT2D eigenvalue weighted by molar-refractivity contribution is -0.140. The van der Waals surface area contributed by atoms with E-state index in [0.29, 0.717) is 17.0 Å². The fourth-order valence-corrected chi connectivity index (χ4v) is 6.60. The molecular weight excluding hydrogens is 645 g/mol. The molecule has 0 fully saturated rings. The Hall–Kier alpha value is -4.05. The first-order valence-electron chi connectivity index (χ1n) is 14.8. The molecule has 0 bridgehead atoms. The second-order valence-corrected chi connectivity index (χ2v) is 13.5. The molecule has 11 heteroatoms. The maximum atomic E-state index is 14.6. The highest BCUT2D eigenvalue weighted by Crippen LogP contribution is 2.35. The molecule has 0 spiro atoms. The first kappa shape index (κ1) is 34.8. The first-order chi connectivity index (χ1) is 22.0. The van der Waals surface area contributed by atoms with E-state index >= 15 is 0 Å². The predicted octanol–water partition coefficient (Wildman–Crippen LogP) is 6.75. The molecule has 0 saturated carbocycles. The third kappa shape index (κ3) is 8.81. The minimum absolute atomic E-state index is 0.0212. The molecule has 0 heterocycles. The smallest absolute Gasteiger partial charge is 0.264 e. The molecule has 0 radical (unpaired) electrons. The van der Waals surface area contributed by atoms with Crippen molar-refractivity contribution in [2.24, 2.45) is 0 Å². The summed E-state index contributed by atoms with van der Waals surface area (Å²) < 4.78 is 34.9. The van der Waals surface area contributed by atoms with Crippen molar-refractivity contribution in [1.29, 1.82) is 0 Å². The Kier molecular flexibility index (Phi) is 12.1. The molecule has 8 nitrogen and oxygen atoms in total. The van der Waals surface area contributed by atoms with Crippen LogP contribution in [0.3, 0.4) is 0 Å². The number of carbonyl (C=O) groups is 2. The van der Waals surface area contributed by atoms with E-state index in [0.717, 1.165) is 9.87 Å². The molecule has 0 aromatic heterocycles. The molecule has 2 amide bonds. The topological polar surface area (TPSA) is 96.0 Å². The van der Waals surface area contributed by atoms with Gasteiger partial charge in [0.25, 0.3) is 10.0 Å². The van der Waals surface area contributed by atoms with E-state index in [-0.39, 0.29) is 46.3 Å². The van der Waals surface area contributed by atoms with Crippen molar-refractivity contribution in [1.82, 2.24) is 10.2 Å². The van der Waals surface area contributed by atoms with E-state index in [4.69, 9.17) is 27.9 Å². The quantitative estimate of drug-likeness (QED) is 0.159. The molecule has 2 atom stereocenters. The van der Waals surface area contributed by atoms with Gasteiger partial charge in [-0.2, -0.15) is 0 Å². The highest BCUT2D eigenvalue weighted by atomic mass is 35.5. The van der Waals surface area contributed by atoms with Gasteiger partial charge in [0.15, 0.2) is 0 Å². The van der Waals surface area contributed by atoms with E-state index in [1.807, 2.05) is 44.2 Å². The number of amides is 2. The minimum Gasteiger partial charge on any atom is -0.495 e. The maximum absolute atomic E-state index is 14.6. The maximum Gasteiger partial charge on any atom is 0.264 e. The number of methoxy groups -OCH3 is 1. The third-order valence-corrected chi connectivity index (χ3v) is 9.82. The van der Waals surface area contributed by atoms with Crippen LogP contribution in [-0.4, -0.2) is 50.9 Å². The monoisotopic (exact) mass is 681 g/mol. The molecule has 46 heavy (non-hydrogen) atoms. The van der Waals surface area contributed by atoms with Crippen LogP contribution in [0.5, 0.6) is 5.75 Å². The summed E-state index contributed by atoms with van der Waals surface area (Å²) in [7, 11) is -2.90. The van der Waals surface area contributed by atoms with E-state index in [9.17, 15) is 18.0 Å². The summed E-state index contributed by atoms with van der Waals surface area (Å²) in [6.45, 7) is 3.23. The van der Waals surface area contributed by atoms with Gasteiger partial charge in [-0.25, -0.2) is 8.42 Å². The molecule has 0 saturated heterocycles. The van der Waals surface area contributed by atoms with Gasteiger partial charge in [0, 0.05) is 29.1 Å². The molecular formula is C35H37Cl2N3O5S. The van der Waals surface area contributed by atoms with Gasteiger partial charge >= 0.3 is 0 Å². The number of nitrogens with one attached hydrogen (secondary N) is 1. The summed E-state index contributed by atoms with van der Waals surface area (Å²) in [5.41, 5.74) is 1.64. The van der Waals surface area contributed by atoms with Crippen molar-refractivity contribution in [2.75, 3.05) is 18.0 Å². The van der Waals surface area contributed by atoms with Gasteiger partial charge in [0.05, 0.1) is 17.7 Å². The largest absolute Gasteiger partial charge is 0.495 e. The normalized spacial score (nSPS) is 12.5. The second kappa shape index (κ2) is 16.0. The molecule has 4 rings (SSSR count). The van der Waals surface area contributed by atoms with Crippen molar-refractivity contribution in [3.05, 3.63) is 124 Å². The number of anilines is 1. The van der Waals surface area contributed by atoms with E-state index in [1.54, 1.807) is 54.6 Å². The van der Waals surface area contributed by atoms with Gasteiger partial charge in [0.2, 0.25) is 11.8 Å². The molecule has 1 N–H and O–H groups in total. The minimum atomic E-state index is -4.31. The number of sulfonamides is 1. The van der Waals surface area contributed by atoms with Crippen molar-refractivity contribution in [2.45, 2.75) is 50.2 Å². The molecule has 4 aromatic carbocycles. The third-order valence-electron chi connectivity index (χ3n) is 7.56. The van der Waals surface area contributed by atoms with Crippen molar-refractivity contribution in [3.8, 4) is 5.75 Å². The lowest BCUT2D eigenvalue weighted by atomic mass is 10.0. The number of hydrogen-bond acceptors (Lipinski definition) is 5. The van der Waals surface area contributed by atoms with Gasteiger partial charge in [-0.15, -0.1) is 0 Å². The Morgan fingerprint density at radius 3 is 2.07 bits per heavy atom. The van der Waals surface area contributed by atoms with E-state index in [1.165, 1.54) is 30.2 Å². The number of nitrogens with zero attached hydrogens (tertiary/aromatic N) is 2. The molecule has 4 aromatic rings. The van der Waals surface area contributed by atoms with Gasteiger partial charge < -0.3 is 15.0 Å². The summed E-state index contributed by atoms with van der Waals surface area (Å²) in [4.78, 5) is 29.9. The zero-order valence-corrected chi connectivity index (χ0v) is 28.2. The predicted molar refractivity (Wildman–Crippen MR) is 183 cm³/mol. The Morgan fingerprint density at radius 1 is 0.848 bits per heavy atom. The van der Waals surface area contributed by atoms with Crippen LogP contribution in [0.1, 0.15) is 31.4 Å². The van der Waals surface area contributed by atoms with Crippen LogP contribution in [0.15, 0.2) is 108 Å². The summed E-state index contributed by atoms with van der Waals surface area (Å²) in [5.74, 6) is -0.744. The molecule has 0 unspecified atom stereocenters. The lowest BCUT2D eigenvalue weighted by Gasteiger charge is -2.34. The van der Waals surface area contributed by atoms with Crippen molar-refractivity contribution in [3.63, 3.8) is 0 Å². The van der Waals surface area contributed by atoms with Gasteiger partial charge in [0.1, 0.15) is 18.3 Å². The van der Waals surface area contributed by atoms with E-state index in [2.05, 4.69) is 5.32 Å². The SMILES string of the molecule is CC[C@H](C)NC(=O)[C@@H](Cc1ccccc1)N(Cc1ccc(Cl)cc1)C(=O)CN(c1cc(Cl)ccc1OC)S(=O)(=O)c1ccccc1. The van der Waals surface area contributed by atoms with Crippen LogP contribution in [0, 0.1) is 0 Å². The van der Waals surface area contributed by atoms with Crippen LogP contribution < -0.4 is 14.4 Å². The van der Waals surface area contributed by atoms with Crippen LogP contribution in [0.4, 0.5) is 5.69 Å². The Bertz CT molecular complexity index is 1720. The van der Waals surface area contributed by atoms with Crippen LogP contribution in [0.2, 0.25) is 10.0 Å². The van der Waals surface area contributed by atoms with Crippen LogP contribution >= 0.6 is 23.2 Å². The number of ether oxygens (including phenoxy) is 1. The summed E-state index contributed by atoms with van der Waals surface area (Å²) in [5, 5.41) is 3.80. The number of halogens is 2. The van der Waals surface area contributed by atoms with Gasteiger partial charge in [-0.1, -0.05) is 90.8 Å². The molecule has 242 valence electrons. The zero-order valence-electron chi connectivity index (χ0n) is 25.9. The highest BCUT2D eigenvalue weighted by molar-refractivity contribution is 7.92. The van der Waals surface area contributed by atoms with E-state index < -0.39 is 28.5 Å². The van der Waals surface area contributed by atoms with Gasteiger partial charge in [-0.05, 0) is 66.9 Å². The van der Waals surface area contributed by atoms with Crippen LogP contribution in [0.25, 0.3) is 0 Å². The number of rotatable bonds is 14. The zero-order chi connectivity index (χ0) is 33.3. The van der Waals surface area contributed by atoms with Crippen LogP contribution in [-0.2, 0) is 32.6 Å². The second-order valence-electron chi connectivity index (χ2n) is 10.8. The van der Waals surface area contributed by atoms with Crippen molar-refractivity contribution >= 4 is 50.7 Å². The Balaban J connectivity index is 1.84. The summed E-state index contributed by atoms with van der Waals surface area (Å²) in [6, 6.07) is 27.6. The Morgan fingerprint density at radius 2 is 1.46 bits per heavy atom. The highest BCUT2D eigenvalue weighted by Gasteiger charge is 2.36. The Labute approximate surface area is 280 Å². The number of benzene rings is 4. The fraction of sp³-hybridized carbons (Fsp3) is 0.257.